The van der Waals surface area contributed by atoms with E-state index in [-0.39, 0.29) is 10.7 Å². The van der Waals surface area contributed by atoms with Crippen LogP contribution in [0.1, 0.15) is 56.0 Å². The van der Waals surface area contributed by atoms with Crippen molar-refractivity contribution in [3.63, 3.8) is 0 Å². The van der Waals surface area contributed by atoms with E-state index in [0.717, 1.165) is 5.56 Å². The molecule has 3 rings (SSSR count). The molecule has 0 amide bonds. The summed E-state index contributed by atoms with van der Waals surface area (Å²) in [5, 5.41) is 11.8. The zero-order chi connectivity index (χ0) is 17.9. The second-order valence-electron chi connectivity index (χ2n) is 6.71. The zero-order valence-corrected chi connectivity index (χ0v) is 15.5. The molecule has 1 aromatic carbocycles. The first-order valence-electron chi connectivity index (χ1n) is 8.08. The summed E-state index contributed by atoms with van der Waals surface area (Å²) in [5.74, 6) is 2.00. The average molecular weight is 355 g/mol. The summed E-state index contributed by atoms with van der Waals surface area (Å²) >= 11 is 1.48. The van der Waals surface area contributed by atoms with Gasteiger partial charge in [-0.15, -0.1) is 5.10 Å². The largest absolute Gasteiger partial charge is 0.338 e. The highest BCUT2D eigenvalue weighted by molar-refractivity contribution is 7.99. The summed E-state index contributed by atoms with van der Waals surface area (Å²) < 4.78 is 5.38. The highest BCUT2D eigenvalue weighted by Gasteiger charge is 2.24. The van der Waals surface area contributed by atoms with Crippen LogP contribution >= 0.6 is 11.8 Å². The number of aromatic nitrogens is 5. The maximum atomic E-state index is 5.38. The Morgan fingerprint density at radius 2 is 1.88 bits per heavy atom. The minimum absolute atomic E-state index is 0.0228. The van der Waals surface area contributed by atoms with Gasteiger partial charge in [0.1, 0.15) is 5.82 Å². The molecule has 1 N–H and O–H groups in total. The molecule has 25 heavy (non-hydrogen) atoms. The molecule has 0 spiro atoms. The molecule has 2 aromatic heterocycles. The number of hydrogen-bond acceptors (Lipinski definition) is 6. The number of nitrogens with one attached hydrogen (secondary N) is 1. The van der Waals surface area contributed by atoms with Crippen LogP contribution in [0.2, 0.25) is 0 Å². The van der Waals surface area contributed by atoms with Gasteiger partial charge in [0.25, 0.3) is 0 Å². The van der Waals surface area contributed by atoms with Gasteiger partial charge in [-0.05, 0) is 18.6 Å². The van der Waals surface area contributed by atoms with Crippen LogP contribution in [0.3, 0.4) is 0 Å². The molecule has 0 saturated carbocycles. The van der Waals surface area contributed by atoms with Gasteiger partial charge in [-0.2, -0.15) is 4.98 Å². The van der Waals surface area contributed by atoms with Crippen LogP contribution in [-0.4, -0.2) is 25.3 Å². The summed E-state index contributed by atoms with van der Waals surface area (Å²) in [6, 6.07) is 10.1. The molecular weight excluding hydrogens is 334 g/mol. The Bertz CT molecular complexity index is 848. The number of thioether (sulfide) groups is 1. The second kappa shape index (κ2) is 7.23. The second-order valence-corrected chi connectivity index (χ2v) is 8.02. The Labute approximate surface area is 151 Å². The first kappa shape index (κ1) is 17.4. The highest BCUT2D eigenvalue weighted by atomic mass is 32.2. The number of rotatable bonds is 5. The molecule has 0 fully saturated rings. The molecule has 0 saturated heterocycles. The molecule has 1 unspecified atom stereocenters. The van der Waals surface area contributed by atoms with Gasteiger partial charge in [0.15, 0.2) is 5.82 Å². The summed E-state index contributed by atoms with van der Waals surface area (Å²) in [6.07, 6.45) is 3.90. The van der Waals surface area contributed by atoms with Crippen LogP contribution in [0, 0.1) is 0 Å². The van der Waals surface area contributed by atoms with E-state index in [0.29, 0.717) is 22.7 Å². The van der Waals surface area contributed by atoms with E-state index in [1.807, 2.05) is 49.4 Å². The van der Waals surface area contributed by atoms with Crippen molar-refractivity contribution in [2.45, 2.75) is 43.5 Å². The van der Waals surface area contributed by atoms with Crippen molar-refractivity contribution in [2.24, 2.45) is 0 Å². The lowest BCUT2D eigenvalue weighted by Crippen LogP contribution is -2.13. The molecule has 0 aliphatic carbocycles. The van der Waals surface area contributed by atoms with Crippen molar-refractivity contribution in [1.29, 1.82) is 0 Å². The normalized spacial score (nSPS) is 13.4. The van der Waals surface area contributed by atoms with Crippen molar-refractivity contribution < 1.29 is 4.52 Å². The van der Waals surface area contributed by atoms with Gasteiger partial charge < -0.3 is 4.52 Å². The van der Waals surface area contributed by atoms with Crippen LogP contribution in [0.15, 0.2) is 40.0 Å². The fourth-order valence-corrected chi connectivity index (χ4v) is 2.80. The lowest BCUT2D eigenvalue weighted by atomic mass is 9.96. The number of nitrogens with zero attached hydrogens (tertiary/aromatic N) is 4. The molecule has 7 heteroatoms. The lowest BCUT2D eigenvalue weighted by Gasteiger charge is -2.11. The summed E-state index contributed by atoms with van der Waals surface area (Å²) in [7, 11) is 0. The first-order valence-corrected chi connectivity index (χ1v) is 8.96. The molecule has 0 aliphatic rings. The van der Waals surface area contributed by atoms with Crippen molar-refractivity contribution in [2.75, 3.05) is 0 Å². The number of H-pyrrole nitrogens is 1. The monoisotopic (exact) mass is 355 g/mol. The average Bonchev–Trinajstić information content (AvgIpc) is 3.23. The van der Waals surface area contributed by atoms with E-state index in [4.69, 9.17) is 4.52 Å². The molecule has 130 valence electrons. The Morgan fingerprint density at radius 1 is 1.12 bits per heavy atom. The van der Waals surface area contributed by atoms with Crippen LogP contribution in [0.4, 0.5) is 0 Å². The summed E-state index contributed by atoms with van der Waals surface area (Å²) in [5.41, 5.74) is 0.980. The maximum absolute atomic E-state index is 5.38. The smallest absolute Gasteiger partial charge is 0.239 e. The number of hydrogen-bond donors (Lipinski definition) is 1. The molecule has 3 aromatic rings. The van der Waals surface area contributed by atoms with Crippen LogP contribution in [0.25, 0.3) is 12.2 Å². The molecule has 0 aliphatic heterocycles. The van der Waals surface area contributed by atoms with Crippen molar-refractivity contribution in [3.05, 3.63) is 53.4 Å². The zero-order valence-electron chi connectivity index (χ0n) is 14.7. The van der Waals surface area contributed by atoms with Gasteiger partial charge in [0.2, 0.25) is 11.0 Å². The Hall–Kier alpha value is -2.41. The van der Waals surface area contributed by atoms with Gasteiger partial charge in [0.05, 0.1) is 5.25 Å². The summed E-state index contributed by atoms with van der Waals surface area (Å²) in [6.45, 7) is 8.17. The highest BCUT2D eigenvalue weighted by Crippen LogP contribution is 2.32. The molecule has 2 heterocycles. The van der Waals surface area contributed by atoms with Gasteiger partial charge >= 0.3 is 0 Å². The van der Waals surface area contributed by atoms with Gasteiger partial charge in [-0.3, -0.25) is 5.10 Å². The lowest BCUT2D eigenvalue weighted by molar-refractivity contribution is 0.364. The van der Waals surface area contributed by atoms with Crippen molar-refractivity contribution in [1.82, 2.24) is 25.3 Å². The van der Waals surface area contributed by atoms with Gasteiger partial charge in [-0.25, -0.2) is 4.98 Å². The third kappa shape index (κ3) is 4.57. The first-order chi connectivity index (χ1) is 11.9. The maximum Gasteiger partial charge on any atom is 0.239 e. The van der Waals surface area contributed by atoms with Crippen LogP contribution < -0.4 is 0 Å². The van der Waals surface area contributed by atoms with Gasteiger partial charge in [-0.1, -0.05) is 74.1 Å². The van der Waals surface area contributed by atoms with E-state index >= 15 is 0 Å². The molecule has 0 bridgehead atoms. The minimum Gasteiger partial charge on any atom is -0.338 e. The van der Waals surface area contributed by atoms with Crippen LogP contribution in [-0.2, 0) is 5.41 Å². The van der Waals surface area contributed by atoms with Gasteiger partial charge in [0, 0.05) is 5.41 Å². The number of aromatic amines is 1. The van der Waals surface area contributed by atoms with E-state index in [2.05, 4.69) is 46.1 Å². The predicted molar refractivity (Wildman–Crippen MR) is 99.0 cm³/mol. The Balaban J connectivity index is 1.65. The standard InChI is InChI=1S/C18H21N5OS/c1-12(15-20-16(23-24-15)18(2,3)4)25-17-19-14(21-22-17)11-10-13-8-6-5-7-9-13/h5-12H,1-4H3,(H,19,21,22)/b11-10+. The van der Waals surface area contributed by atoms with Crippen molar-refractivity contribution in [3.8, 4) is 0 Å². The fraction of sp³-hybridized carbons (Fsp3) is 0.333. The van der Waals surface area contributed by atoms with Crippen molar-refractivity contribution >= 4 is 23.9 Å². The van der Waals surface area contributed by atoms with E-state index in [1.54, 1.807) is 0 Å². The van der Waals surface area contributed by atoms with E-state index < -0.39 is 0 Å². The predicted octanol–water partition coefficient (Wildman–Crippen LogP) is 4.51. The topological polar surface area (TPSA) is 80.5 Å². The SMILES string of the molecule is CC(Sc1n[nH]c(/C=C/c2ccccc2)n1)c1nc(C(C)(C)C)no1. The minimum atomic E-state index is -0.133. The summed E-state index contributed by atoms with van der Waals surface area (Å²) in [4.78, 5) is 8.95. The van der Waals surface area contributed by atoms with E-state index in [1.165, 1.54) is 11.8 Å². The number of benzene rings is 1. The molecule has 1 atom stereocenters. The Morgan fingerprint density at radius 3 is 2.56 bits per heavy atom. The quantitative estimate of drug-likeness (QED) is 0.678. The van der Waals surface area contributed by atoms with E-state index in [9.17, 15) is 0 Å². The van der Waals surface area contributed by atoms with Crippen LogP contribution in [0.5, 0.6) is 0 Å². The molecular formula is C18H21N5OS. The third-order valence-corrected chi connectivity index (χ3v) is 4.41. The molecule has 0 radical (unpaired) electrons. The fourth-order valence-electron chi connectivity index (χ4n) is 2.04. The molecule has 6 nitrogen and oxygen atoms in total. The third-order valence-electron chi connectivity index (χ3n) is 3.46. The Kier molecular flexibility index (Phi) is 5.03.